The first-order valence-electron chi connectivity index (χ1n) is 17.8. The van der Waals surface area contributed by atoms with Gasteiger partial charge in [0.25, 0.3) is 0 Å². The fourth-order valence-electron chi connectivity index (χ4n) is 5.28. The number of rotatable bonds is 11. The van der Waals surface area contributed by atoms with Crippen molar-refractivity contribution in [2.24, 2.45) is 23.2 Å². The zero-order valence-electron chi connectivity index (χ0n) is 32.6. The second-order valence-corrected chi connectivity index (χ2v) is 12.5. The molecule has 2 aromatic rings. The van der Waals surface area contributed by atoms with Crippen LogP contribution in [-0.4, -0.2) is 114 Å². The maximum atomic E-state index is 12.7. The van der Waals surface area contributed by atoms with E-state index in [0.717, 1.165) is 62.3 Å². The highest BCUT2D eigenvalue weighted by Gasteiger charge is 2.34. The van der Waals surface area contributed by atoms with Crippen molar-refractivity contribution in [3.8, 4) is 5.75 Å². The molecule has 15 heteroatoms. The minimum absolute atomic E-state index is 0.0586. The van der Waals surface area contributed by atoms with Crippen molar-refractivity contribution >= 4 is 35.9 Å². The van der Waals surface area contributed by atoms with E-state index in [1.54, 1.807) is 26.0 Å². The van der Waals surface area contributed by atoms with Gasteiger partial charge in [0.1, 0.15) is 18.3 Å². The number of nitrogens with zero attached hydrogens (tertiary/aromatic N) is 3. The van der Waals surface area contributed by atoms with E-state index < -0.39 is 6.04 Å². The molecule has 52 heavy (non-hydrogen) atoms. The molecule has 4 atom stereocenters. The number of benzene rings is 2. The number of hydrogen-bond acceptors (Lipinski definition) is 12. The van der Waals surface area contributed by atoms with Crippen LogP contribution < -0.4 is 48.7 Å². The number of aldehydes is 2. The number of nitrogens with one attached hydrogen (secondary N) is 3. The summed E-state index contributed by atoms with van der Waals surface area (Å²) in [6, 6.07) is 12.7. The van der Waals surface area contributed by atoms with E-state index in [1.165, 1.54) is 10.6 Å². The molecular formula is C37H66N10O5. The molecule has 4 rings (SSSR count). The number of likely N-dealkylation sites (N-methyl/N-ethyl adjacent to an activating group) is 1. The molecule has 0 aromatic heterocycles. The van der Waals surface area contributed by atoms with Gasteiger partial charge in [-0.15, -0.1) is 0 Å². The van der Waals surface area contributed by atoms with Gasteiger partial charge in [-0.05, 0) is 95.1 Å². The van der Waals surface area contributed by atoms with Crippen molar-refractivity contribution in [2.75, 3.05) is 72.2 Å². The number of carbonyl (C=O) groups excluding carboxylic acids is 4. The Morgan fingerprint density at radius 1 is 1.00 bits per heavy atom. The van der Waals surface area contributed by atoms with Crippen molar-refractivity contribution < 1.29 is 23.9 Å². The fraction of sp³-hybridized carbons (Fsp3) is 0.568. The number of hydrazine groups is 1. The summed E-state index contributed by atoms with van der Waals surface area (Å²) in [5.74, 6) is 7.12. The predicted molar refractivity (Wildman–Crippen MR) is 211 cm³/mol. The Labute approximate surface area is 311 Å². The number of urea groups is 1. The second-order valence-electron chi connectivity index (χ2n) is 12.5. The summed E-state index contributed by atoms with van der Waals surface area (Å²) in [5, 5.41) is 9.89. The Bertz CT molecular complexity index is 1290. The maximum absolute atomic E-state index is 12.7. The minimum Gasteiger partial charge on any atom is -0.497 e. The van der Waals surface area contributed by atoms with E-state index >= 15 is 0 Å². The third-order valence-electron chi connectivity index (χ3n) is 7.83. The average Bonchev–Trinajstić information content (AvgIpc) is 3.81. The van der Waals surface area contributed by atoms with Gasteiger partial charge in [0, 0.05) is 39.8 Å². The van der Waals surface area contributed by atoms with Crippen molar-refractivity contribution in [1.82, 2.24) is 25.8 Å². The summed E-state index contributed by atoms with van der Waals surface area (Å²) >= 11 is 0. The van der Waals surface area contributed by atoms with E-state index in [2.05, 4.69) is 33.0 Å². The number of carbonyl (C=O) groups is 4. The molecule has 0 radical (unpaired) electrons. The van der Waals surface area contributed by atoms with Crippen LogP contribution in [0.25, 0.3) is 0 Å². The zero-order valence-corrected chi connectivity index (χ0v) is 32.6. The number of anilines is 2. The molecule has 2 aliphatic heterocycles. The number of ether oxygens (including phenoxy) is 1. The standard InChI is InChI=1S/C22H31N5O2.C8H15N3O2.C3H7NO.C2H7N.C2H6/c1-26-14-17(10-15-4-7-18(29-3)8-5-15)12-21(26)22(28)25-13-16-6-9-20(27(2)24)19(23)11-16;9-7(6-12)5-10-8(13)11-3-1-2-4-11;1-3(4)2-5;1-3-2;1-2/h4-9,11,17,21H,10,12-14,23-24H2,1-3H3,(H,25,28);6-7H,1-5,9H2,(H,10,13);2-3H,4H2,1H3;3H,1-2H3;1-2H3. The molecule has 0 aliphatic carbocycles. The third kappa shape index (κ3) is 18.8. The molecular weight excluding hydrogens is 664 g/mol. The summed E-state index contributed by atoms with van der Waals surface area (Å²) in [7, 11) is 9.18. The van der Waals surface area contributed by atoms with Gasteiger partial charge in [-0.2, -0.15) is 0 Å². The summed E-state index contributed by atoms with van der Waals surface area (Å²) in [6.07, 6.45) is 5.26. The van der Waals surface area contributed by atoms with Crippen LogP contribution in [0.3, 0.4) is 0 Å². The molecule has 11 N–H and O–H groups in total. The van der Waals surface area contributed by atoms with Gasteiger partial charge in [-0.25, -0.2) is 10.6 Å². The normalized spacial score (nSPS) is 17.1. The van der Waals surface area contributed by atoms with Crippen LogP contribution in [0.5, 0.6) is 5.75 Å². The van der Waals surface area contributed by atoms with Crippen molar-refractivity contribution in [2.45, 2.75) is 71.1 Å². The van der Waals surface area contributed by atoms with Crippen LogP contribution in [0.1, 0.15) is 51.2 Å². The summed E-state index contributed by atoms with van der Waals surface area (Å²) in [6.45, 7) is 8.83. The molecule has 15 nitrogen and oxygen atoms in total. The van der Waals surface area contributed by atoms with Crippen LogP contribution in [0.4, 0.5) is 16.2 Å². The highest BCUT2D eigenvalue weighted by Crippen LogP contribution is 2.26. The third-order valence-corrected chi connectivity index (χ3v) is 7.83. The Kier molecular flexibility index (Phi) is 25.1. The van der Waals surface area contributed by atoms with Gasteiger partial charge in [0.15, 0.2) is 0 Å². The SMILES string of the molecule is CC.CC(N)C=O.CNC.COc1ccc(CC2CC(C(=O)NCc3ccc(N(C)N)c(N)c3)N(C)C2)cc1.NC(C=O)CNC(=O)N1CCCC1. The molecule has 3 amide bonds. The van der Waals surface area contributed by atoms with Crippen molar-refractivity contribution in [3.05, 3.63) is 53.6 Å². The van der Waals surface area contributed by atoms with E-state index in [0.29, 0.717) is 30.7 Å². The highest BCUT2D eigenvalue weighted by atomic mass is 16.5. The second kappa shape index (κ2) is 27.4. The van der Waals surface area contributed by atoms with Gasteiger partial charge >= 0.3 is 6.03 Å². The van der Waals surface area contributed by atoms with Crippen molar-refractivity contribution in [1.29, 1.82) is 0 Å². The Morgan fingerprint density at radius 3 is 2.04 bits per heavy atom. The van der Waals surface area contributed by atoms with E-state index in [1.807, 2.05) is 65.3 Å². The topological polar surface area (TPSA) is 227 Å². The average molecular weight is 731 g/mol. The van der Waals surface area contributed by atoms with Crippen LogP contribution >= 0.6 is 0 Å². The van der Waals surface area contributed by atoms with Gasteiger partial charge < -0.3 is 57.4 Å². The molecule has 4 unspecified atom stereocenters. The van der Waals surface area contributed by atoms with Crippen molar-refractivity contribution in [3.63, 3.8) is 0 Å². The molecule has 0 spiro atoms. The number of nitrogens with two attached hydrogens (primary N) is 4. The molecule has 2 aliphatic rings. The monoisotopic (exact) mass is 731 g/mol. The van der Waals surface area contributed by atoms with Crippen LogP contribution in [-0.2, 0) is 27.3 Å². The fourth-order valence-corrected chi connectivity index (χ4v) is 5.28. The molecule has 294 valence electrons. The first-order valence-corrected chi connectivity index (χ1v) is 17.8. The molecule has 0 saturated carbocycles. The van der Waals surface area contributed by atoms with Crippen LogP contribution in [0.15, 0.2) is 42.5 Å². The number of nitrogen functional groups attached to an aromatic ring is 1. The first-order chi connectivity index (χ1) is 24.8. The summed E-state index contributed by atoms with van der Waals surface area (Å²) in [4.78, 5) is 47.5. The largest absolute Gasteiger partial charge is 0.497 e. The first kappa shape index (κ1) is 47.7. The lowest BCUT2D eigenvalue weighted by Crippen LogP contribution is -2.44. The number of amides is 3. The van der Waals surface area contributed by atoms with Gasteiger partial charge in [-0.1, -0.05) is 32.0 Å². The number of likely N-dealkylation sites (tertiary alicyclic amines) is 2. The highest BCUT2D eigenvalue weighted by molar-refractivity contribution is 5.82. The van der Waals surface area contributed by atoms with Crippen LogP contribution in [0, 0.1) is 5.92 Å². The van der Waals surface area contributed by atoms with E-state index in [-0.39, 0.29) is 30.6 Å². The van der Waals surface area contributed by atoms with Crippen LogP contribution in [0.2, 0.25) is 0 Å². The Hall–Kier alpha value is -4.28. The summed E-state index contributed by atoms with van der Waals surface area (Å²) < 4.78 is 5.22. The lowest BCUT2D eigenvalue weighted by molar-refractivity contribution is -0.125. The van der Waals surface area contributed by atoms with Gasteiger partial charge in [0.05, 0.1) is 36.6 Å². The van der Waals surface area contributed by atoms with Gasteiger partial charge in [0.2, 0.25) is 5.91 Å². The minimum atomic E-state index is -0.591. The molecule has 2 saturated heterocycles. The Balaban J connectivity index is 0.000000932. The predicted octanol–water partition coefficient (Wildman–Crippen LogP) is 1.48. The van der Waals surface area contributed by atoms with E-state index in [9.17, 15) is 19.2 Å². The summed E-state index contributed by atoms with van der Waals surface area (Å²) in [5.41, 5.74) is 19.9. The zero-order chi connectivity index (χ0) is 39.6. The molecule has 0 bridgehead atoms. The quantitative estimate of drug-likeness (QED) is 0.0755. The molecule has 2 fully saturated rings. The maximum Gasteiger partial charge on any atom is 0.317 e. The molecule has 2 heterocycles. The lowest BCUT2D eigenvalue weighted by atomic mass is 9.96. The van der Waals surface area contributed by atoms with Gasteiger partial charge in [-0.3, -0.25) is 9.69 Å². The number of hydrogen-bond donors (Lipinski definition) is 7. The smallest absolute Gasteiger partial charge is 0.317 e. The Morgan fingerprint density at radius 2 is 1.56 bits per heavy atom. The number of methoxy groups -OCH3 is 1. The lowest BCUT2D eigenvalue weighted by Gasteiger charge is -2.19. The molecule has 2 aromatic carbocycles. The van der Waals surface area contributed by atoms with E-state index in [4.69, 9.17) is 27.8 Å².